The molecule has 0 rings (SSSR count). The van der Waals surface area contributed by atoms with Crippen LogP contribution in [-0.2, 0) is 19.2 Å². The Labute approximate surface area is 172 Å². The zero-order chi connectivity index (χ0) is 22.9. The van der Waals surface area contributed by atoms with Crippen molar-refractivity contribution in [3.05, 3.63) is 0 Å². The average Bonchev–Trinajstić information content (AvgIpc) is 2.56. The van der Waals surface area contributed by atoms with Crippen LogP contribution in [0.4, 0.5) is 0 Å². The molecule has 0 unspecified atom stereocenters. The summed E-state index contributed by atoms with van der Waals surface area (Å²) in [7, 11) is 0. The lowest BCUT2D eigenvalue weighted by Gasteiger charge is -2.27. The third-order valence-corrected chi connectivity index (χ3v) is 4.14. The molecular weight excluding hydrogens is 380 g/mol. The van der Waals surface area contributed by atoms with E-state index in [2.05, 4.69) is 16.0 Å². The van der Waals surface area contributed by atoms with Crippen molar-refractivity contribution < 1.29 is 29.4 Å². The van der Waals surface area contributed by atoms with Crippen LogP contribution < -0.4 is 21.7 Å². The number of hydrogen-bond acceptors (Lipinski definition) is 6. The van der Waals surface area contributed by atoms with Gasteiger partial charge in [-0.1, -0.05) is 27.7 Å². The van der Waals surface area contributed by atoms with E-state index in [-0.39, 0.29) is 18.3 Å². The van der Waals surface area contributed by atoms with Crippen LogP contribution in [0.15, 0.2) is 0 Å². The number of hydrogen-bond donors (Lipinski definition) is 6. The van der Waals surface area contributed by atoms with Crippen LogP contribution in [-0.4, -0.2) is 64.2 Å². The van der Waals surface area contributed by atoms with Crippen LogP contribution in [0.25, 0.3) is 0 Å². The fourth-order valence-corrected chi connectivity index (χ4v) is 2.62. The molecule has 0 saturated carbocycles. The molecule has 3 amide bonds. The zero-order valence-corrected chi connectivity index (χ0v) is 18.1. The first-order valence-corrected chi connectivity index (χ1v) is 9.83. The molecule has 0 saturated heterocycles. The number of amides is 3. The zero-order valence-electron chi connectivity index (χ0n) is 18.1. The summed E-state index contributed by atoms with van der Waals surface area (Å²) in [6.45, 7) is 10.2. The molecule has 168 valence electrons. The number of nitrogens with one attached hydrogen (secondary N) is 3. The molecule has 10 nitrogen and oxygen atoms in total. The minimum atomic E-state index is -1.50. The largest absolute Gasteiger partial charge is 0.480 e. The molecular formula is C19H36N4O6. The van der Waals surface area contributed by atoms with Crippen LogP contribution in [0, 0.1) is 11.8 Å². The van der Waals surface area contributed by atoms with E-state index in [1.807, 2.05) is 27.7 Å². The first kappa shape index (κ1) is 26.8. The van der Waals surface area contributed by atoms with Crippen LogP contribution in [0.5, 0.6) is 0 Å². The minimum Gasteiger partial charge on any atom is -0.480 e. The summed E-state index contributed by atoms with van der Waals surface area (Å²) in [6.07, 6.45) is -0.726. The highest BCUT2D eigenvalue weighted by Gasteiger charge is 2.32. The highest BCUT2D eigenvalue weighted by molar-refractivity contribution is 5.94. The molecule has 0 radical (unpaired) electrons. The molecule has 0 heterocycles. The number of carboxylic acids is 1. The van der Waals surface area contributed by atoms with E-state index in [4.69, 9.17) is 10.8 Å². The molecule has 5 atom stereocenters. The van der Waals surface area contributed by atoms with Gasteiger partial charge in [0, 0.05) is 0 Å². The molecule has 0 bridgehead atoms. The average molecular weight is 417 g/mol. The minimum absolute atomic E-state index is 0.0167. The summed E-state index contributed by atoms with van der Waals surface area (Å²) in [5, 5.41) is 26.2. The summed E-state index contributed by atoms with van der Waals surface area (Å²) in [5.74, 6) is -3.05. The second kappa shape index (κ2) is 12.4. The van der Waals surface area contributed by atoms with Crippen molar-refractivity contribution in [1.29, 1.82) is 0 Å². The Bertz CT molecular complexity index is 577. The van der Waals surface area contributed by atoms with Gasteiger partial charge in [-0.3, -0.25) is 14.4 Å². The summed E-state index contributed by atoms with van der Waals surface area (Å²) >= 11 is 0. The number of carbonyl (C=O) groups is 4. The first-order chi connectivity index (χ1) is 13.3. The standard InChI is InChI=1S/C19H36N4O6/c1-9(2)7-13(21-16(25)11(5)20)17(26)22-14(8-10(3)4)18(27)23-15(12(6)24)19(28)29/h9-15,24H,7-8,20H2,1-6H3,(H,21,25)(H,22,26)(H,23,27)(H,28,29)/t11-,12+,13-,14-,15-/m0/s1. The van der Waals surface area contributed by atoms with Crippen LogP contribution >= 0.6 is 0 Å². The Morgan fingerprint density at radius 2 is 1.14 bits per heavy atom. The third-order valence-electron chi connectivity index (χ3n) is 4.14. The van der Waals surface area contributed by atoms with E-state index in [9.17, 15) is 24.3 Å². The van der Waals surface area contributed by atoms with Crippen molar-refractivity contribution in [1.82, 2.24) is 16.0 Å². The van der Waals surface area contributed by atoms with Crippen molar-refractivity contribution in [2.75, 3.05) is 0 Å². The van der Waals surface area contributed by atoms with Crippen molar-refractivity contribution in [3.63, 3.8) is 0 Å². The number of carboxylic acid groups (broad SMARTS) is 1. The molecule has 0 aromatic carbocycles. The fraction of sp³-hybridized carbons (Fsp3) is 0.789. The maximum atomic E-state index is 12.8. The van der Waals surface area contributed by atoms with Crippen molar-refractivity contribution in [2.24, 2.45) is 17.6 Å². The summed E-state index contributed by atoms with van der Waals surface area (Å²) < 4.78 is 0. The highest BCUT2D eigenvalue weighted by Crippen LogP contribution is 2.10. The molecule has 0 aliphatic heterocycles. The second-order valence-electron chi connectivity index (χ2n) is 8.24. The van der Waals surface area contributed by atoms with E-state index in [1.165, 1.54) is 13.8 Å². The Hall–Kier alpha value is -2.20. The molecule has 7 N–H and O–H groups in total. The van der Waals surface area contributed by atoms with Crippen LogP contribution in [0.2, 0.25) is 0 Å². The second-order valence-corrected chi connectivity index (χ2v) is 8.24. The van der Waals surface area contributed by atoms with E-state index < -0.39 is 54.0 Å². The molecule has 0 aromatic heterocycles. The normalized spacial score (nSPS) is 16.5. The third kappa shape index (κ3) is 10.2. The van der Waals surface area contributed by atoms with E-state index in [1.54, 1.807) is 0 Å². The maximum absolute atomic E-state index is 12.8. The van der Waals surface area contributed by atoms with E-state index >= 15 is 0 Å². The lowest BCUT2D eigenvalue weighted by atomic mass is 9.99. The first-order valence-electron chi connectivity index (χ1n) is 9.83. The highest BCUT2D eigenvalue weighted by atomic mass is 16.4. The van der Waals surface area contributed by atoms with Gasteiger partial charge in [0.25, 0.3) is 0 Å². The lowest BCUT2D eigenvalue weighted by molar-refractivity contribution is -0.145. The SMILES string of the molecule is CC(C)C[C@H](NC(=O)[C@H](C)N)C(=O)N[C@@H](CC(C)C)C(=O)N[C@H](C(=O)O)[C@@H](C)O. The quantitative estimate of drug-likeness (QED) is 0.245. The van der Waals surface area contributed by atoms with Crippen molar-refractivity contribution in [3.8, 4) is 0 Å². The van der Waals surface area contributed by atoms with Gasteiger partial charge in [0.15, 0.2) is 6.04 Å². The predicted octanol–water partition coefficient (Wildman–Crippen LogP) is -0.654. The lowest BCUT2D eigenvalue weighted by Crippen LogP contribution is -2.58. The smallest absolute Gasteiger partial charge is 0.328 e. The number of aliphatic hydroxyl groups excluding tert-OH is 1. The van der Waals surface area contributed by atoms with Crippen LogP contribution in [0.1, 0.15) is 54.4 Å². The monoisotopic (exact) mass is 416 g/mol. The van der Waals surface area contributed by atoms with Gasteiger partial charge in [-0.25, -0.2) is 4.79 Å². The Morgan fingerprint density at radius 1 is 0.759 bits per heavy atom. The summed E-state index contributed by atoms with van der Waals surface area (Å²) in [6, 6.07) is -4.21. The number of aliphatic carboxylic acids is 1. The fourth-order valence-electron chi connectivity index (χ4n) is 2.62. The molecule has 0 spiro atoms. The Morgan fingerprint density at radius 3 is 1.45 bits per heavy atom. The number of carbonyl (C=O) groups excluding carboxylic acids is 3. The van der Waals surface area contributed by atoms with Crippen molar-refractivity contribution >= 4 is 23.7 Å². The van der Waals surface area contributed by atoms with Crippen molar-refractivity contribution in [2.45, 2.75) is 84.7 Å². The number of rotatable bonds is 12. The number of nitrogens with two attached hydrogens (primary N) is 1. The molecule has 10 heteroatoms. The van der Waals surface area contributed by atoms with E-state index in [0.717, 1.165) is 0 Å². The van der Waals surface area contributed by atoms with Crippen LogP contribution in [0.3, 0.4) is 0 Å². The Kier molecular flexibility index (Phi) is 11.4. The van der Waals surface area contributed by atoms with Gasteiger partial charge in [-0.05, 0) is 38.5 Å². The van der Waals surface area contributed by atoms with Gasteiger partial charge in [0.2, 0.25) is 17.7 Å². The molecule has 0 fully saturated rings. The summed E-state index contributed by atoms with van der Waals surface area (Å²) in [5.41, 5.74) is 5.55. The molecule has 0 aliphatic carbocycles. The molecule has 0 aliphatic rings. The van der Waals surface area contributed by atoms with E-state index in [0.29, 0.717) is 6.42 Å². The topological polar surface area (TPSA) is 171 Å². The van der Waals surface area contributed by atoms with Gasteiger partial charge in [0.05, 0.1) is 12.1 Å². The Balaban J connectivity index is 5.43. The van der Waals surface area contributed by atoms with Gasteiger partial charge in [0.1, 0.15) is 12.1 Å². The predicted molar refractivity (Wildman–Crippen MR) is 108 cm³/mol. The molecule has 29 heavy (non-hydrogen) atoms. The van der Waals surface area contributed by atoms with Gasteiger partial charge in [-0.2, -0.15) is 0 Å². The van der Waals surface area contributed by atoms with Gasteiger partial charge >= 0.3 is 5.97 Å². The number of aliphatic hydroxyl groups is 1. The van der Waals surface area contributed by atoms with Gasteiger partial charge in [-0.15, -0.1) is 0 Å². The maximum Gasteiger partial charge on any atom is 0.328 e. The molecule has 0 aromatic rings. The summed E-state index contributed by atoms with van der Waals surface area (Å²) in [4.78, 5) is 48.6. The van der Waals surface area contributed by atoms with Gasteiger partial charge < -0.3 is 31.9 Å².